The Morgan fingerprint density at radius 3 is 2.68 bits per heavy atom. The van der Waals surface area contributed by atoms with E-state index < -0.39 is 0 Å². The minimum Gasteiger partial charge on any atom is -0.308 e. The summed E-state index contributed by atoms with van der Waals surface area (Å²) in [6.07, 6.45) is 5.53. The van der Waals surface area contributed by atoms with Crippen molar-refractivity contribution in [3.8, 4) is 11.1 Å². The molecule has 0 aliphatic heterocycles. The molecule has 4 nitrogen and oxygen atoms in total. The molecule has 2 aromatic carbocycles. The third kappa shape index (κ3) is 3.29. The van der Waals surface area contributed by atoms with Crippen LogP contribution in [-0.2, 0) is 4.79 Å². The smallest absolute Gasteiger partial charge is 0.228 e. The molecule has 1 aliphatic rings. The summed E-state index contributed by atoms with van der Waals surface area (Å²) in [5, 5.41) is 11.4. The Kier molecular flexibility index (Phi) is 4.26. The summed E-state index contributed by atoms with van der Waals surface area (Å²) in [5.74, 6) is 0.879. The van der Waals surface area contributed by atoms with Crippen molar-refractivity contribution in [3.63, 3.8) is 0 Å². The molecule has 0 unspecified atom stereocenters. The van der Waals surface area contributed by atoms with E-state index in [1.807, 2.05) is 6.07 Å². The first kappa shape index (κ1) is 15.9. The van der Waals surface area contributed by atoms with Gasteiger partial charge in [0, 0.05) is 11.3 Å². The molecule has 0 atom stereocenters. The molecule has 128 valence electrons. The van der Waals surface area contributed by atoms with Crippen molar-refractivity contribution >= 4 is 22.6 Å². The molecule has 1 saturated carbocycles. The minimum atomic E-state index is 0.107. The van der Waals surface area contributed by atoms with Crippen LogP contribution in [0.2, 0.25) is 0 Å². The number of carbonyl (C=O) groups is 1. The number of aromatic amines is 1. The van der Waals surface area contributed by atoms with Crippen molar-refractivity contribution in [2.24, 2.45) is 5.92 Å². The fourth-order valence-electron chi connectivity index (χ4n) is 3.70. The monoisotopic (exact) mass is 333 g/mol. The van der Waals surface area contributed by atoms with E-state index in [0.29, 0.717) is 5.82 Å². The first-order valence-corrected chi connectivity index (χ1v) is 9.07. The van der Waals surface area contributed by atoms with E-state index in [4.69, 9.17) is 0 Å². The highest BCUT2D eigenvalue weighted by Crippen LogP contribution is 2.29. The molecule has 0 saturated heterocycles. The zero-order chi connectivity index (χ0) is 17.2. The maximum Gasteiger partial charge on any atom is 0.228 e. The molecule has 0 radical (unpaired) electrons. The molecule has 25 heavy (non-hydrogen) atoms. The Morgan fingerprint density at radius 1 is 1.08 bits per heavy atom. The summed E-state index contributed by atoms with van der Waals surface area (Å²) in [5.41, 5.74) is 4.51. The second-order valence-corrected chi connectivity index (χ2v) is 7.03. The van der Waals surface area contributed by atoms with Crippen molar-refractivity contribution in [1.29, 1.82) is 0 Å². The summed E-state index contributed by atoms with van der Waals surface area (Å²) >= 11 is 0. The third-order valence-corrected chi connectivity index (χ3v) is 5.13. The van der Waals surface area contributed by atoms with Gasteiger partial charge < -0.3 is 5.32 Å². The molecule has 0 bridgehead atoms. The maximum absolute atomic E-state index is 12.5. The van der Waals surface area contributed by atoms with Gasteiger partial charge in [0.2, 0.25) is 5.91 Å². The van der Waals surface area contributed by atoms with Gasteiger partial charge in [-0.3, -0.25) is 9.89 Å². The number of hydrogen-bond acceptors (Lipinski definition) is 2. The number of aromatic nitrogens is 2. The van der Waals surface area contributed by atoms with Crippen LogP contribution in [0, 0.1) is 12.8 Å². The number of nitrogens with zero attached hydrogens (tertiary/aromatic N) is 1. The van der Waals surface area contributed by atoms with E-state index in [1.165, 1.54) is 17.5 Å². The molecule has 1 aliphatic carbocycles. The van der Waals surface area contributed by atoms with Crippen LogP contribution in [0.3, 0.4) is 0 Å². The molecular weight excluding hydrogens is 310 g/mol. The van der Waals surface area contributed by atoms with Crippen molar-refractivity contribution < 1.29 is 4.79 Å². The lowest BCUT2D eigenvalue weighted by molar-refractivity contribution is -0.120. The van der Waals surface area contributed by atoms with Gasteiger partial charge in [-0.05, 0) is 43.0 Å². The number of carbonyl (C=O) groups excluding carboxylic acids is 1. The topological polar surface area (TPSA) is 57.8 Å². The quantitative estimate of drug-likeness (QED) is 0.704. The van der Waals surface area contributed by atoms with E-state index in [2.05, 4.69) is 58.8 Å². The average Bonchev–Trinajstić information content (AvgIpc) is 3.04. The summed E-state index contributed by atoms with van der Waals surface area (Å²) in [6.45, 7) is 2.09. The van der Waals surface area contributed by atoms with Gasteiger partial charge in [0.1, 0.15) is 0 Å². The zero-order valence-corrected chi connectivity index (χ0v) is 14.5. The van der Waals surface area contributed by atoms with Crippen LogP contribution in [0.25, 0.3) is 22.0 Å². The van der Waals surface area contributed by atoms with E-state index >= 15 is 0 Å². The van der Waals surface area contributed by atoms with Gasteiger partial charge >= 0.3 is 0 Å². The highest BCUT2D eigenvalue weighted by atomic mass is 16.1. The summed E-state index contributed by atoms with van der Waals surface area (Å²) < 4.78 is 0. The van der Waals surface area contributed by atoms with Crippen LogP contribution < -0.4 is 5.32 Å². The zero-order valence-electron chi connectivity index (χ0n) is 14.5. The first-order chi connectivity index (χ1) is 12.2. The summed E-state index contributed by atoms with van der Waals surface area (Å²) in [4.78, 5) is 12.5. The third-order valence-electron chi connectivity index (χ3n) is 5.13. The largest absolute Gasteiger partial charge is 0.308 e. The number of H-pyrrole nitrogens is 1. The number of hydrogen-bond donors (Lipinski definition) is 2. The standard InChI is InChI=1S/C21H23N3O/c1-14-6-5-9-16(12-14)17-10-11-18-19(13-17)23-24-20(18)22-21(25)15-7-3-2-4-8-15/h5-6,9-13,15H,2-4,7-8H2,1H3,(H2,22,23,24,25). The van der Waals surface area contributed by atoms with E-state index in [0.717, 1.165) is 42.1 Å². The number of aryl methyl sites for hydroxylation is 1. The first-order valence-electron chi connectivity index (χ1n) is 9.07. The number of amides is 1. The fraction of sp³-hybridized carbons (Fsp3) is 0.333. The molecule has 1 amide bonds. The molecular formula is C21H23N3O. The van der Waals surface area contributed by atoms with Crippen molar-refractivity contribution in [2.45, 2.75) is 39.0 Å². The Balaban J connectivity index is 1.58. The SMILES string of the molecule is Cc1cccc(-c2ccc3c(NC(=O)C4CCCCC4)n[nH]c3c2)c1. The molecule has 2 N–H and O–H groups in total. The van der Waals surface area contributed by atoms with Gasteiger partial charge in [0.15, 0.2) is 5.82 Å². The number of nitrogens with one attached hydrogen (secondary N) is 2. The number of anilines is 1. The molecule has 3 aromatic rings. The van der Waals surface area contributed by atoms with Gasteiger partial charge in [0.05, 0.1) is 5.52 Å². The van der Waals surface area contributed by atoms with Gasteiger partial charge in [-0.15, -0.1) is 0 Å². The van der Waals surface area contributed by atoms with Gasteiger partial charge in [-0.25, -0.2) is 0 Å². The Hall–Kier alpha value is -2.62. The molecule has 0 spiro atoms. The van der Waals surface area contributed by atoms with Crippen molar-refractivity contribution in [3.05, 3.63) is 48.0 Å². The van der Waals surface area contributed by atoms with Crippen LogP contribution in [0.5, 0.6) is 0 Å². The lowest BCUT2D eigenvalue weighted by Gasteiger charge is -2.20. The van der Waals surface area contributed by atoms with Crippen LogP contribution in [0.4, 0.5) is 5.82 Å². The van der Waals surface area contributed by atoms with Crippen LogP contribution in [0.1, 0.15) is 37.7 Å². The second kappa shape index (κ2) is 6.71. The Morgan fingerprint density at radius 2 is 1.88 bits per heavy atom. The van der Waals surface area contributed by atoms with Gasteiger partial charge in [0.25, 0.3) is 0 Å². The highest BCUT2D eigenvalue weighted by Gasteiger charge is 2.22. The highest BCUT2D eigenvalue weighted by molar-refractivity contribution is 6.01. The van der Waals surface area contributed by atoms with E-state index in [1.54, 1.807) is 0 Å². The Bertz CT molecular complexity index is 906. The van der Waals surface area contributed by atoms with Crippen LogP contribution >= 0.6 is 0 Å². The normalized spacial score (nSPS) is 15.4. The van der Waals surface area contributed by atoms with Crippen molar-refractivity contribution in [2.75, 3.05) is 5.32 Å². The number of rotatable bonds is 3. The molecule has 1 fully saturated rings. The fourth-order valence-corrected chi connectivity index (χ4v) is 3.70. The lowest BCUT2D eigenvalue weighted by Crippen LogP contribution is -2.24. The Labute approximate surface area is 147 Å². The molecule has 4 rings (SSSR count). The lowest BCUT2D eigenvalue weighted by atomic mass is 9.89. The predicted octanol–water partition coefficient (Wildman–Crippen LogP) is 5.06. The number of benzene rings is 2. The maximum atomic E-state index is 12.5. The molecule has 1 aromatic heterocycles. The van der Waals surface area contributed by atoms with Gasteiger partial charge in [-0.2, -0.15) is 5.10 Å². The van der Waals surface area contributed by atoms with Crippen molar-refractivity contribution in [1.82, 2.24) is 10.2 Å². The summed E-state index contributed by atoms with van der Waals surface area (Å²) in [7, 11) is 0. The molecule has 4 heteroatoms. The van der Waals surface area contributed by atoms with Crippen LogP contribution in [0.15, 0.2) is 42.5 Å². The second-order valence-electron chi connectivity index (χ2n) is 7.03. The van der Waals surface area contributed by atoms with Crippen LogP contribution in [-0.4, -0.2) is 16.1 Å². The van der Waals surface area contributed by atoms with E-state index in [9.17, 15) is 4.79 Å². The number of fused-ring (bicyclic) bond motifs is 1. The predicted molar refractivity (Wildman–Crippen MR) is 101 cm³/mol. The average molecular weight is 333 g/mol. The van der Waals surface area contributed by atoms with Gasteiger partial charge in [-0.1, -0.05) is 55.2 Å². The summed E-state index contributed by atoms with van der Waals surface area (Å²) in [6, 6.07) is 14.7. The minimum absolute atomic E-state index is 0.107. The van der Waals surface area contributed by atoms with E-state index in [-0.39, 0.29) is 11.8 Å². The molecule has 1 heterocycles.